The molecule has 0 aliphatic heterocycles. The minimum Gasteiger partial charge on any atom is -0.443 e. The van der Waals surface area contributed by atoms with Gasteiger partial charge in [0, 0.05) is 10.7 Å². The van der Waals surface area contributed by atoms with Crippen molar-refractivity contribution in [1.82, 2.24) is 14.1 Å². The molecule has 3 aromatic rings. The van der Waals surface area contributed by atoms with E-state index in [4.69, 9.17) is 4.74 Å². The number of ether oxygens (including phenoxy) is 1. The molecule has 1 aromatic carbocycles. The maximum atomic E-state index is 13.1. The molecule has 3 rings (SSSR count). The van der Waals surface area contributed by atoms with Gasteiger partial charge in [0.05, 0.1) is 11.6 Å². The molecule has 1 atom stereocenters. The molecule has 26 heavy (non-hydrogen) atoms. The summed E-state index contributed by atoms with van der Waals surface area (Å²) >= 11 is 3.39. The Morgan fingerprint density at radius 2 is 1.88 bits per heavy atom. The Labute approximate surface area is 159 Å². The van der Waals surface area contributed by atoms with Crippen molar-refractivity contribution in [2.75, 3.05) is 0 Å². The molecule has 2 aromatic heterocycles. The zero-order valence-electron chi connectivity index (χ0n) is 15.1. The molecular formula is C19H20BrN3O3. The minimum absolute atomic E-state index is 0.272. The van der Waals surface area contributed by atoms with E-state index in [2.05, 4.69) is 20.9 Å². The van der Waals surface area contributed by atoms with E-state index in [1.54, 1.807) is 37.6 Å². The Morgan fingerprint density at radius 1 is 1.23 bits per heavy atom. The van der Waals surface area contributed by atoms with Gasteiger partial charge in [-0.15, -0.1) is 0 Å². The molecule has 0 saturated heterocycles. The number of pyridine rings is 1. The van der Waals surface area contributed by atoms with Crippen LogP contribution >= 0.6 is 15.9 Å². The van der Waals surface area contributed by atoms with Crippen LogP contribution in [0.5, 0.6) is 0 Å². The van der Waals surface area contributed by atoms with Gasteiger partial charge in [-0.3, -0.25) is 4.57 Å². The highest BCUT2D eigenvalue weighted by Gasteiger charge is 2.27. The highest BCUT2D eigenvalue weighted by atomic mass is 79.9. The smallest absolute Gasteiger partial charge is 0.424 e. The summed E-state index contributed by atoms with van der Waals surface area (Å²) in [6.07, 6.45) is 0.821. The normalized spacial score (nSPS) is 13.0. The van der Waals surface area contributed by atoms with Crippen molar-refractivity contribution in [3.8, 4) is 0 Å². The number of imidazole rings is 1. The number of fused-ring (bicyclic) bond motifs is 1. The first-order valence-corrected chi connectivity index (χ1v) is 9.05. The van der Waals surface area contributed by atoms with Gasteiger partial charge in [0.25, 0.3) is 0 Å². The van der Waals surface area contributed by atoms with E-state index in [0.717, 1.165) is 14.6 Å². The van der Waals surface area contributed by atoms with Gasteiger partial charge in [-0.05, 0) is 55.3 Å². The largest absolute Gasteiger partial charge is 0.443 e. The number of nitrogens with zero attached hydrogens (tertiary/aromatic N) is 3. The SMILES string of the molecule is CC(c1ccccc1)n1c(=O)n(C(=O)OC(C)(C)C)c2ncc(Br)cc21. The summed E-state index contributed by atoms with van der Waals surface area (Å²) in [7, 11) is 0. The van der Waals surface area contributed by atoms with Crippen molar-refractivity contribution in [2.24, 2.45) is 0 Å². The third kappa shape index (κ3) is 3.44. The van der Waals surface area contributed by atoms with Crippen LogP contribution in [0.1, 0.15) is 39.3 Å². The summed E-state index contributed by atoms with van der Waals surface area (Å²) in [6, 6.07) is 11.1. The fraction of sp³-hybridized carbons (Fsp3) is 0.316. The van der Waals surface area contributed by atoms with E-state index in [9.17, 15) is 9.59 Å². The number of carbonyl (C=O) groups is 1. The lowest BCUT2D eigenvalue weighted by molar-refractivity contribution is 0.0536. The first kappa shape index (κ1) is 18.4. The number of rotatable bonds is 2. The van der Waals surface area contributed by atoms with Crippen LogP contribution in [0, 0.1) is 0 Å². The van der Waals surface area contributed by atoms with E-state index in [0.29, 0.717) is 5.52 Å². The summed E-state index contributed by atoms with van der Waals surface area (Å²) in [5.41, 5.74) is 0.599. The summed E-state index contributed by atoms with van der Waals surface area (Å²) in [5, 5.41) is 0. The summed E-state index contributed by atoms with van der Waals surface area (Å²) in [6.45, 7) is 7.18. The predicted molar refractivity (Wildman–Crippen MR) is 104 cm³/mol. The van der Waals surface area contributed by atoms with Crippen LogP contribution in [0.4, 0.5) is 4.79 Å². The number of benzene rings is 1. The minimum atomic E-state index is -0.735. The van der Waals surface area contributed by atoms with E-state index in [-0.39, 0.29) is 11.7 Å². The average molecular weight is 418 g/mol. The highest BCUT2D eigenvalue weighted by molar-refractivity contribution is 9.10. The van der Waals surface area contributed by atoms with Gasteiger partial charge >= 0.3 is 11.8 Å². The fourth-order valence-corrected chi connectivity index (χ4v) is 3.12. The maximum Gasteiger partial charge on any atom is 0.424 e. The second kappa shape index (κ2) is 6.72. The van der Waals surface area contributed by atoms with Gasteiger partial charge in [-0.2, -0.15) is 4.57 Å². The summed E-state index contributed by atoms with van der Waals surface area (Å²) in [4.78, 5) is 30.0. The summed E-state index contributed by atoms with van der Waals surface area (Å²) < 4.78 is 8.68. The Hall–Kier alpha value is -2.41. The number of aromatic nitrogens is 3. The zero-order chi connectivity index (χ0) is 19.1. The monoisotopic (exact) mass is 417 g/mol. The number of halogens is 1. The van der Waals surface area contributed by atoms with Gasteiger partial charge < -0.3 is 4.74 Å². The first-order valence-electron chi connectivity index (χ1n) is 8.26. The van der Waals surface area contributed by atoms with Crippen LogP contribution in [0.15, 0.2) is 51.9 Å². The van der Waals surface area contributed by atoms with Gasteiger partial charge in [0.15, 0.2) is 5.65 Å². The van der Waals surface area contributed by atoms with Crippen LogP contribution in [0.2, 0.25) is 0 Å². The van der Waals surface area contributed by atoms with Crippen LogP contribution in [0.3, 0.4) is 0 Å². The molecule has 0 spiro atoms. The van der Waals surface area contributed by atoms with Crippen LogP contribution in [0.25, 0.3) is 11.2 Å². The van der Waals surface area contributed by atoms with Crippen molar-refractivity contribution in [3.63, 3.8) is 0 Å². The Bertz CT molecular complexity index is 1020. The van der Waals surface area contributed by atoms with E-state index >= 15 is 0 Å². The van der Waals surface area contributed by atoms with Gasteiger partial charge in [-0.1, -0.05) is 30.3 Å². The summed E-state index contributed by atoms with van der Waals surface area (Å²) in [5.74, 6) is 0. The average Bonchev–Trinajstić information content (AvgIpc) is 2.84. The standard InChI is InChI=1S/C19H20BrN3O3/c1-12(13-8-6-5-7-9-13)22-15-10-14(20)11-21-16(15)23(17(22)24)18(25)26-19(2,3)4/h5-12H,1-4H3. The number of hydrogen-bond donors (Lipinski definition) is 0. The molecule has 0 radical (unpaired) electrons. The van der Waals surface area contributed by atoms with E-state index in [1.807, 2.05) is 37.3 Å². The molecule has 0 aliphatic carbocycles. The van der Waals surface area contributed by atoms with Crippen LogP contribution < -0.4 is 5.69 Å². The Balaban J connectivity index is 2.24. The molecule has 2 heterocycles. The van der Waals surface area contributed by atoms with Gasteiger partial charge in [-0.25, -0.2) is 14.6 Å². The van der Waals surface area contributed by atoms with Crippen LogP contribution in [-0.2, 0) is 4.74 Å². The van der Waals surface area contributed by atoms with Crippen molar-refractivity contribution in [3.05, 3.63) is 63.1 Å². The molecule has 0 bridgehead atoms. The number of hydrogen-bond acceptors (Lipinski definition) is 4. The highest BCUT2D eigenvalue weighted by Crippen LogP contribution is 2.24. The lowest BCUT2D eigenvalue weighted by atomic mass is 10.1. The molecule has 0 N–H and O–H groups in total. The molecule has 1 unspecified atom stereocenters. The quantitative estimate of drug-likeness (QED) is 0.621. The lowest BCUT2D eigenvalue weighted by Gasteiger charge is -2.19. The number of carbonyl (C=O) groups excluding carboxylic acids is 1. The van der Waals surface area contributed by atoms with Crippen LogP contribution in [-0.4, -0.2) is 25.8 Å². The zero-order valence-corrected chi connectivity index (χ0v) is 16.6. The lowest BCUT2D eigenvalue weighted by Crippen LogP contribution is -2.35. The first-order chi connectivity index (χ1) is 12.2. The second-order valence-electron chi connectivity index (χ2n) is 7.05. The topological polar surface area (TPSA) is 66.1 Å². The molecule has 7 heteroatoms. The van der Waals surface area contributed by atoms with Crippen molar-refractivity contribution >= 4 is 33.2 Å². The van der Waals surface area contributed by atoms with Crippen molar-refractivity contribution in [1.29, 1.82) is 0 Å². The van der Waals surface area contributed by atoms with E-state index in [1.165, 1.54) is 0 Å². The molecule has 0 fully saturated rings. The van der Waals surface area contributed by atoms with Crippen molar-refractivity contribution < 1.29 is 9.53 Å². The second-order valence-corrected chi connectivity index (χ2v) is 7.97. The molecule has 0 saturated carbocycles. The molecule has 0 aliphatic rings. The molecule has 136 valence electrons. The molecule has 0 amide bonds. The fourth-order valence-electron chi connectivity index (χ4n) is 2.80. The van der Waals surface area contributed by atoms with E-state index < -0.39 is 17.4 Å². The molecule has 6 nitrogen and oxygen atoms in total. The maximum absolute atomic E-state index is 13.1. The third-order valence-corrected chi connectivity index (χ3v) is 4.36. The Kier molecular flexibility index (Phi) is 4.75. The van der Waals surface area contributed by atoms with Crippen molar-refractivity contribution in [2.45, 2.75) is 39.3 Å². The third-order valence-electron chi connectivity index (χ3n) is 3.93. The van der Waals surface area contributed by atoms with Gasteiger partial charge in [0.1, 0.15) is 5.60 Å². The predicted octanol–water partition coefficient (Wildman–Crippen LogP) is 4.35. The molecular weight excluding hydrogens is 398 g/mol. The van der Waals surface area contributed by atoms with Gasteiger partial charge in [0.2, 0.25) is 0 Å². The Morgan fingerprint density at radius 3 is 2.50 bits per heavy atom.